The highest BCUT2D eigenvalue weighted by Gasteiger charge is 2.13. The lowest BCUT2D eigenvalue weighted by atomic mass is 10.3. The Bertz CT molecular complexity index is 607. The number of hydrogen-bond donors (Lipinski definition) is 3. The number of aryl methyl sites for hydroxylation is 1. The Hall–Kier alpha value is -2.28. The minimum absolute atomic E-state index is 0.163. The Morgan fingerprint density at radius 3 is 2.94 bits per heavy atom. The highest BCUT2D eigenvalue weighted by molar-refractivity contribution is 7.80. The second-order valence-electron chi connectivity index (χ2n) is 3.64. The number of aromatic nitrogens is 3. The molecule has 0 aliphatic rings. The first-order chi connectivity index (χ1) is 8.58. The molecule has 0 atom stereocenters. The molecule has 0 radical (unpaired) electrons. The molecule has 18 heavy (non-hydrogen) atoms. The van der Waals surface area contributed by atoms with E-state index in [0.29, 0.717) is 17.1 Å². The Morgan fingerprint density at radius 1 is 1.50 bits per heavy atom. The number of nitrogens with zero attached hydrogens (tertiary/aromatic N) is 2. The molecule has 0 spiro atoms. The van der Waals surface area contributed by atoms with Crippen LogP contribution in [0, 0.1) is 6.92 Å². The number of nitrogens with two attached hydrogens (primary N) is 1. The Morgan fingerprint density at radius 2 is 2.28 bits per heavy atom. The number of anilines is 1. The average Bonchev–Trinajstić information content (AvgIpc) is 2.77. The molecule has 0 aliphatic carbocycles. The zero-order valence-corrected chi connectivity index (χ0v) is 10.4. The number of aromatic amines is 1. The van der Waals surface area contributed by atoms with E-state index in [0.717, 1.165) is 5.69 Å². The van der Waals surface area contributed by atoms with E-state index in [9.17, 15) is 4.79 Å². The maximum absolute atomic E-state index is 11.9. The molecule has 2 rings (SSSR count). The maximum atomic E-state index is 11.9. The molecule has 92 valence electrons. The third-order valence-electron chi connectivity index (χ3n) is 2.26. The number of carbonyl (C=O) groups is 1. The van der Waals surface area contributed by atoms with E-state index in [4.69, 9.17) is 18.0 Å². The lowest BCUT2D eigenvalue weighted by molar-refractivity contribution is 0.102. The fraction of sp³-hybridized carbons (Fsp3) is 0.0909. The quantitative estimate of drug-likeness (QED) is 0.716. The van der Waals surface area contributed by atoms with E-state index >= 15 is 0 Å². The van der Waals surface area contributed by atoms with Crippen molar-refractivity contribution in [3.63, 3.8) is 0 Å². The van der Waals surface area contributed by atoms with Crippen LogP contribution in [0.4, 0.5) is 5.82 Å². The van der Waals surface area contributed by atoms with Crippen molar-refractivity contribution in [3.8, 4) is 0 Å². The van der Waals surface area contributed by atoms with Crippen molar-refractivity contribution >= 4 is 28.9 Å². The van der Waals surface area contributed by atoms with Crippen LogP contribution in [0.15, 0.2) is 24.4 Å². The molecular formula is C11H11N5OS. The van der Waals surface area contributed by atoms with Gasteiger partial charge in [0.1, 0.15) is 16.5 Å². The van der Waals surface area contributed by atoms with Crippen LogP contribution >= 0.6 is 12.2 Å². The molecule has 0 fully saturated rings. The number of rotatable bonds is 3. The second kappa shape index (κ2) is 4.92. The molecule has 0 saturated carbocycles. The molecule has 2 heterocycles. The van der Waals surface area contributed by atoms with Crippen LogP contribution in [-0.4, -0.2) is 26.1 Å². The van der Waals surface area contributed by atoms with Crippen LogP contribution < -0.4 is 11.1 Å². The summed E-state index contributed by atoms with van der Waals surface area (Å²) in [4.78, 5) is 16.2. The molecule has 0 aliphatic heterocycles. The van der Waals surface area contributed by atoms with Gasteiger partial charge in [-0.05, 0) is 19.1 Å². The van der Waals surface area contributed by atoms with Gasteiger partial charge in [0.25, 0.3) is 5.91 Å². The number of nitrogens with one attached hydrogen (secondary N) is 2. The molecule has 6 nitrogen and oxygen atoms in total. The summed E-state index contributed by atoms with van der Waals surface area (Å²) in [6, 6.07) is 5.20. The number of amides is 1. The van der Waals surface area contributed by atoms with Crippen molar-refractivity contribution in [1.29, 1.82) is 0 Å². The van der Waals surface area contributed by atoms with Crippen molar-refractivity contribution in [2.75, 3.05) is 5.32 Å². The van der Waals surface area contributed by atoms with Gasteiger partial charge in [-0.25, -0.2) is 4.98 Å². The third kappa shape index (κ3) is 2.51. The standard InChI is InChI=1S/C11H11N5OS/c1-6-3-2-4-8(14-6)11(17)15-10-7(9(12)18)5-13-16-10/h2-5H,1H3,(H2,12,18)(H2,13,15,16,17). The molecular weight excluding hydrogens is 250 g/mol. The number of pyridine rings is 1. The minimum Gasteiger partial charge on any atom is -0.389 e. The summed E-state index contributed by atoms with van der Waals surface area (Å²) in [7, 11) is 0. The molecule has 7 heteroatoms. The lowest BCUT2D eigenvalue weighted by Gasteiger charge is -2.04. The van der Waals surface area contributed by atoms with Crippen molar-refractivity contribution in [2.24, 2.45) is 5.73 Å². The second-order valence-corrected chi connectivity index (χ2v) is 4.08. The van der Waals surface area contributed by atoms with Crippen LogP contribution in [0.5, 0.6) is 0 Å². The zero-order chi connectivity index (χ0) is 13.1. The Balaban J connectivity index is 2.21. The fourth-order valence-corrected chi connectivity index (χ4v) is 1.57. The van der Waals surface area contributed by atoms with Crippen molar-refractivity contribution < 1.29 is 4.79 Å². The highest BCUT2D eigenvalue weighted by atomic mass is 32.1. The third-order valence-corrected chi connectivity index (χ3v) is 2.48. The summed E-state index contributed by atoms with van der Waals surface area (Å²) in [6.45, 7) is 1.81. The SMILES string of the molecule is Cc1cccc(C(=O)Nc2[nH]ncc2C(N)=S)n1. The minimum atomic E-state index is -0.347. The van der Waals surface area contributed by atoms with E-state index < -0.39 is 0 Å². The first-order valence-corrected chi connectivity index (χ1v) is 5.57. The van der Waals surface area contributed by atoms with E-state index in [2.05, 4.69) is 20.5 Å². The van der Waals surface area contributed by atoms with Crippen LogP contribution in [-0.2, 0) is 0 Å². The average molecular weight is 261 g/mol. The summed E-state index contributed by atoms with van der Waals surface area (Å²) in [5, 5.41) is 9.03. The number of H-pyrrole nitrogens is 1. The molecule has 4 N–H and O–H groups in total. The molecule has 2 aromatic rings. The largest absolute Gasteiger partial charge is 0.389 e. The normalized spacial score (nSPS) is 10.1. The first-order valence-electron chi connectivity index (χ1n) is 5.16. The van der Waals surface area contributed by atoms with Gasteiger partial charge in [0, 0.05) is 5.69 Å². The molecule has 2 aromatic heterocycles. The van der Waals surface area contributed by atoms with Gasteiger partial charge in [-0.15, -0.1) is 0 Å². The topological polar surface area (TPSA) is 96.7 Å². The van der Waals surface area contributed by atoms with Gasteiger partial charge in [0.15, 0.2) is 0 Å². The summed E-state index contributed by atoms with van der Waals surface area (Å²) in [5.41, 5.74) is 7.08. The van der Waals surface area contributed by atoms with Gasteiger partial charge in [-0.1, -0.05) is 18.3 Å². The number of thiocarbonyl (C=S) groups is 1. The van der Waals surface area contributed by atoms with Gasteiger partial charge in [-0.3, -0.25) is 9.89 Å². The van der Waals surface area contributed by atoms with Crippen molar-refractivity contribution in [2.45, 2.75) is 6.92 Å². The van der Waals surface area contributed by atoms with Gasteiger partial charge in [0.2, 0.25) is 0 Å². The molecule has 0 unspecified atom stereocenters. The first kappa shape index (κ1) is 12.2. The van der Waals surface area contributed by atoms with Gasteiger partial charge in [-0.2, -0.15) is 5.10 Å². The van der Waals surface area contributed by atoms with E-state index in [1.165, 1.54) is 6.20 Å². The van der Waals surface area contributed by atoms with Crippen LogP contribution in [0.25, 0.3) is 0 Å². The Labute approximate surface area is 109 Å². The maximum Gasteiger partial charge on any atom is 0.275 e. The monoisotopic (exact) mass is 261 g/mol. The van der Waals surface area contributed by atoms with Crippen molar-refractivity contribution in [1.82, 2.24) is 15.2 Å². The predicted octanol–water partition coefficient (Wildman–Crippen LogP) is 1.000. The summed E-state index contributed by atoms with van der Waals surface area (Å²) >= 11 is 4.84. The van der Waals surface area contributed by atoms with Gasteiger partial charge >= 0.3 is 0 Å². The Kier molecular flexibility index (Phi) is 3.33. The fourth-order valence-electron chi connectivity index (χ4n) is 1.42. The van der Waals surface area contributed by atoms with E-state index in [1.807, 2.05) is 13.0 Å². The molecule has 0 saturated heterocycles. The lowest BCUT2D eigenvalue weighted by Crippen LogP contribution is -2.18. The van der Waals surface area contributed by atoms with Crippen LogP contribution in [0.3, 0.4) is 0 Å². The van der Waals surface area contributed by atoms with Crippen LogP contribution in [0.1, 0.15) is 21.7 Å². The zero-order valence-electron chi connectivity index (χ0n) is 9.60. The number of hydrogen-bond acceptors (Lipinski definition) is 4. The van der Waals surface area contributed by atoms with Gasteiger partial charge in [0.05, 0.1) is 11.8 Å². The van der Waals surface area contributed by atoms with Gasteiger partial charge < -0.3 is 11.1 Å². The highest BCUT2D eigenvalue weighted by Crippen LogP contribution is 2.11. The molecule has 0 bridgehead atoms. The van der Waals surface area contributed by atoms with Crippen molar-refractivity contribution in [3.05, 3.63) is 41.3 Å². The van der Waals surface area contributed by atoms with E-state index in [-0.39, 0.29) is 10.9 Å². The smallest absolute Gasteiger partial charge is 0.275 e. The molecule has 0 aromatic carbocycles. The summed E-state index contributed by atoms with van der Waals surface area (Å²) < 4.78 is 0. The predicted molar refractivity (Wildman–Crippen MR) is 71.4 cm³/mol. The summed E-state index contributed by atoms with van der Waals surface area (Å²) in [5.74, 6) is 0.0243. The molecule has 1 amide bonds. The van der Waals surface area contributed by atoms with E-state index in [1.54, 1.807) is 12.1 Å². The van der Waals surface area contributed by atoms with Crippen LogP contribution in [0.2, 0.25) is 0 Å². The summed E-state index contributed by atoms with van der Waals surface area (Å²) in [6.07, 6.45) is 1.46. The number of carbonyl (C=O) groups excluding carboxylic acids is 1.